The molecule has 12 heteroatoms. The maximum absolute atomic E-state index is 12.3. The van der Waals surface area contributed by atoms with Crippen LogP contribution in [0.5, 0.6) is 0 Å². The van der Waals surface area contributed by atoms with Crippen molar-refractivity contribution in [2.45, 2.75) is 31.5 Å². The lowest BCUT2D eigenvalue weighted by molar-refractivity contribution is -0.435. The van der Waals surface area contributed by atoms with Crippen LogP contribution in [-0.4, -0.2) is 25.0 Å². The van der Waals surface area contributed by atoms with Crippen molar-refractivity contribution in [2.24, 2.45) is 0 Å². The molecular weight excluding hydrogens is 289 g/mol. The van der Waals surface area contributed by atoms with Gasteiger partial charge in [0.1, 0.15) is 0 Å². The Morgan fingerprint density at radius 2 is 1.67 bits per heavy atom. The Kier molecular flexibility index (Phi) is 6.39. The summed E-state index contributed by atoms with van der Waals surface area (Å²) in [5.74, 6) is -4.04. The van der Waals surface area contributed by atoms with Crippen molar-refractivity contribution in [1.82, 2.24) is 10.7 Å². The Labute approximate surface area is 99.3 Å². The van der Waals surface area contributed by atoms with Crippen molar-refractivity contribution < 1.29 is 34.4 Å². The molecule has 0 fully saturated rings. The van der Waals surface area contributed by atoms with Gasteiger partial charge in [0.2, 0.25) is 0 Å². The molecule has 0 saturated carbocycles. The first kappa shape index (κ1) is 17.0. The van der Waals surface area contributed by atoms with Gasteiger partial charge in [0.05, 0.1) is 16.8 Å². The zero-order valence-electron chi connectivity index (χ0n) is 8.69. The fraction of sp³-hybridized carbons (Fsp3) is 0.833. The van der Waals surface area contributed by atoms with Gasteiger partial charge in [-0.05, 0) is 12.8 Å². The SMILES string of the molecule is N#CCCCCC(OS(=O)(=O)F)(N(F)F)N(F)F. The number of rotatable bonds is 8. The number of hydrogen-bond acceptors (Lipinski definition) is 6. The van der Waals surface area contributed by atoms with Gasteiger partial charge in [-0.15, -0.1) is 0 Å². The quantitative estimate of drug-likeness (QED) is 0.224. The summed E-state index contributed by atoms with van der Waals surface area (Å²) in [5.41, 5.74) is 0. The molecule has 18 heavy (non-hydrogen) atoms. The van der Waals surface area contributed by atoms with Crippen LogP contribution in [0.15, 0.2) is 0 Å². The number of halogens is 5. The Bertz CT molecular complexity index is 388. The molecule has 0 unspecified atom stereocenters. The first-order chi connectivity index (χ1) is 8.15. The van der Waals surface area contributed by atoms with Gasteiger partial charge in [0, 0.05) is 12.8 Å². The zero-order valence-corrected chi connectivity index (χ0v) is 9.51. The van der Waals surface area contributed by atoms with Crippen LogP contribution < -0.4 is 0 Å². The van der Waals surface area contributed by atoms with Gasteiger partial charge in [-0.1, -0.05) is 21.8 Å². The molecule has 0 aliphatic carbocycles. The second kappa shape index (κ2) is 6.78. The van der Waals surface area contributed by atoms with Crippen molar-refractivity contribution in [3.8, 4) is 6.07 Å². The normalized spacial score (nSPS) is 13.0. The molecule has 0 rings (SSSR count). The third kappa shape index (κ3) is 5.08. The Morgan fingerprint density at radius 1 is 1.17 bits per heavy atom. The summed E-state index contributed by atoms with van der Waals surface area (Å²) in [6.45, 7) is 0. The highest BCUT2D eigenvalue weighted by molar-refractivity contribution is 7.81. The van der Waals surface area contributed by atoms with Crippen LogP contribution >= 0.6 is 0 Å². The third-order valence-corrected chi connectivity index (χ3v) is 2.27. The van der Waals surface area contributed by atoms with Crippen LogP contribution in [0.3, 0.4) is 0 Å². The van der Waals surface area contributed by atoms with Gasteiger partial charge in [0.15, 0.2) is 0 Å². The van der Waals surface area contributed by atoms with Crippen molar-refractivity contribution >= 4 is 10.5 Å². The molecule has 0 aromatic rings. The smallest absolute Gasteiger partial charge is 0.198 e. The number of unbranched alkanes of at least 4 members (excludes halogenated alkanes) is 2. The lowest BCUT2D eigenvalue weighted by atomic mass is 10.1. The van der Waals surface area contributed by atoms with Crippen LogP contribution in [0.1, 0.15) is 25.7 Å². The molecule has 0 N–H and O–H groups in total. The molecule has 106 valence electrons. The molecule has 0 aromatic heterocycles. The lowest BCUT2D eigenvalue weighted by Crippen LogP contribution is -2.51. The first-order valence-corrected chi connectivity index (χ1v) is 5.72. The summed E-state index contributed by atoms with van der Waals surface area (Å²) in [7, 11) is -6.02. The van der Waals surface area contributed by atoms with Gasteiger partial charge in [-0.3, -0.25) is 0 Å². The molecule has 0 atom stereocenters. The van der Waals surface area contributed by atoms with Gasteiger partial charge < -0.3 is 0 Å². The van der Waals surface area contributed by atoms with Crippen LogP contribution in [0.4, 0.5) is 21.8 Å². The molecule has 0 bridgehead atoms. The average Bonchev–Trinajstić information content (AvgIpc) is 2.20. The van der Waals surface area contributed by atoms with E-state index in [2.05, 4.69) is 4.18 Å². The second-order valence-electron chi connectivity index (χ2n) is 3.05. The molecule has 0 spiro atoms. The third-order valence-electron chi connectivity index (χ3n) is 1.80. The Morgan fingerprint density at radius 3 is 2.00 bits per heavy atom. The minimum Gasteiger partial charge on any atom is -0.198 e. The summed E-state index contributed by atoms with van der Waals surface area (Å²) in [6.07, 6.45) is -1.80. The Balaban J connectivity index is 4.95. The van der Waals surface area contributed by atoms with Crippen molar-refractivity contribution in [2.75, 3.05) is 0 Å². The van der Waals surface area contributed by atoms with E-state index >= 15 is 0 Å². The van der Waals surface area contributed by atoms with Crippen LogP contribution in [-0.2, 0) is 14.7 Å². The highest BCUT2D eigenvalue weighted by atomic mass is 32.3. The fourth-order valence-corrected chi connectivity index (χ4v) is 1.56. The van der Waals surface area contributed by atoms with E-state index in [1.165, 1.54) is 0 Å². The maximum Gasteiger partial charge on any atom is 0.440 e. The van der Waals surface area contributed by atoms with E-state index < -0.39 is 39.9 Å². The largest absolute Gasteiger partial charge is 0.440 e. The summed E-state index contributed by atoms with van der Waals surface area (Å²) in [5, 5.41) is 3.64. The predicted molar refractivity (Wildman–Crippen MR) is 46.0 cm³/mol. The average molecular weight is 297 g/mol. The van der Waals surface area contributed by atoms with Crippen LogP contribution in [0.25, 0.3) is 0 Å². The number of nitrogens with zero attached hydrogens (tertiary/aromatic N) is 3. The molecule has 0 aliphatic rings. The minimum absolute atomic E-state index is 0.0599. The molecule has 0 radical (unpaired) electrons. The highest BCUT2D eigenvalue weighted by Crippen LogP contribution is 2.32. The lowest BCUT2D eigenvalue weighted by Gasteiger charge is -2.29. The second-order valence-corrected chi connectivity index (χ2v) is 4.00. The van der Waals surface area contributed by atoms with Crippen molar-refractivity contribution in [1.29, 1.82) is 5.26 Å². The summed E-state index contributed by atoms with van der Waals surface area (Å²) in [6, 6.07) is 1.63. The molecule has 0 aliphatic heterocycles. The van der Waals surface area contributed by atoms with E-state index in [-0.39, 0.29) is 12.8 Å². The van der Waals surface area contributed by atoms with Crippen LogP contribution in [0, 0.1) is 11.3 Å². The highest BCUT2D eigenvalue weighted by Gasteiger charge is 2.52. The molecular formula is C6H8F5N3O3S. The summed E-state index contributed by atoms with van der Waals surface area (Å²) >= 11 is 0. The monoisotopic (exact) mass is 297 g/mol. The predicted octanol–water partition coefficient (Wildman–Crippen LogP) is 2.10. The first-order valence-electron chi connectivity index (χ1n) is 4.41. The van der Waals surface area contributed by atoms with Crippen molar-refractivity contribution in [3.05, 3.63) is 0 Å². The van der Waals surface area contributed by atoms with E-state index in [9.17, 15) is 30.2 Å². The van der Waals surface area contributed by atoms with Gasteiger partial charge in [0.25, 0.3) is 0 Å². The van der Waals surface area contributed by atoms with Gasteiger partial charge >= 0.3 is 16.4 Å². The molecule has 0 amide bonds. The molecule has 0 saturated heterocycles. The topological polar surface area (TPSA) is 73.6 Å². The molecule has 0 aromatic carbocycles. The van der Waals surface area contributed by atoms with Crippen molar-refractivity contribution in [3.63, 3.8) is 0 Å². The van der Waals surface area contributed by atoms with E-state index in [0.717, 1.165) is 0 Å². The molecule has 0 heterocycles. The Hall–Kier alpha value is -1.03. The van der Waals surface area contributed by atoms with Gasteiger partial charge in [-0.25, -0.2) is 0 Å². The van der Waals surface area contributed by atoms with E-state index in [1.54, 1.807) is 6.07 Å². The van der Waals surface area contributed by atoms with E-state index in [1.807, 2.05) is 0 Å². The summed E-state index contributed by atoms with van der Waals surface area (Å²) in [4.78, 5) is 0. The zero-order chi connectivity index (χ0) is 14.4. The standard InChI is InChI=1S/C6H8F5N3O3S/c7-13(8)6(14(9)10,17-18(11,15)16)4-2-1-3-5-12/h1-4H2. The minimum atomic E-state index is -6.02. The molecule has 6 nitrogen and oxygen atoms in total. The fourth-order valence-electron chi connectivity index (χ4n) is 1.04. The number of hydrogen-bond donors (Lipinski definition) is 0. The maximum atomic E-state index is 12.3. The van der Waals surface area contributed by atoms with Gasteiger partial charge in [-0.2, -0.15) is 17.9 Å². The van der Waals surface area contributed by atoms with Crippen LogP contribution in [0.2, 0.25) is 0 Å². The van der Waals surface area contributed by atoms with E-state index in [0.29, 0.717) is 0 Å². The number of nitriles is 1. The van der Waals surface area contributed by atoms with E-state index in [4.69, 9.17) is 5.26 Å². The summed E-state index contributed by atoms with van der Waals surface area (Å²) < 4.78 is 84.8.